The Morgan fingerprint density at radius 1 is 1.39 bits per heavy atom. The molecule has 1 aliphatic heterocycles. The fraction of sp³-hybridized carbons (Fsp3) is 0.353. The van der Waals surface area contributed by atoms with Crippen molar-refractivity contribution in [2.75, 3.05) is 29.2 Å². The van der Waals surface area contributed by atoms with Gasteiger partial charge in [0, 0.05) is 24.0 Å². The van der Waals surface area contributed by atoms with Gasteiger partial charge in [0.25, 0.3) is 5.91 Å². The Kier molecular flexibility index (Phi) is 5.49. The Hall–Kier alpha value is -3.26. The van der Waals surface area contributed by atoms with Crippen LogP contribution in [-0.2, 0) is 9.84 Å². The number of carbonyl (C=O) groups excluding carboxylic acids is 1. The SMILES string of the molecule is COc1c(N[C@H]2CCS(=O)(=O)C2)cc(C(=O)Nc2nnc(-n3nccc3C)s2)oc1=O. The molecule has 1 saturated heterocycles. The van der Waals surface area contributed by atoms with Crippen LogP contribution < -0.4 is 21.0 Å². The molecular weight excluding hydrogens is 448 g/mol. The van der Waals surface area contributed by atoms with Crippen LogP contribution in [0.25, 0.3) is 5.13 Å². The number of carbonyl (C=O) groups is 1. The van der Waals surface area contributed by atoms with Gasteiger partial charge in [0.2, 0.25) is 16.0 Å². The van der Waals surface area contributed by atoms with E-state index in [0.717, 1.165) is 17.0 Å². The van der Waals surface area contributed by atoms with Crippen LogP contribution in [0.15, 0.2) is 27.5 Å². The summed E-state index contributed by atoms with van der Waals surface area (Å²) in [5.41, 5.74) is 0.152. The van der Waals surface area contributed by atoms with E-state index in [1.165, 1.54) is 13.2 Å². The highest BCUT2D eigenvalue weighted by Crippen LogP contribution is 2.26. The summed E-state index contributed by atoms with van der Waals surface area (Å²) in [6.07, 6.45) is 2.00. The molecule has 164 valence electrons. The second-order valence-corrected chi connectivity index (χ2v) is 10.0. The summed E-state index contributed by atoms with van der Waals surface area (Å²) in [7, 11) is -1.86. The van der Waals surface area contributed by atoms with Crippen LogP contribution in [0.3, 0.4) is 0 Å². The second kappa shape index (κ2) is 8.11. The summed E-state index contributed by atoms with van der Waals surface area (Å²) in [5, 5.41) is 18.1. The van der Waals surface area contributed by atoms with Gasteiger partial charge in [-0.05, 0) is 19.4 Å². The number of aryl methyl sites for hydroxylation is 1. The van der Waals surface area contributed by atoms with E-state index in [2.05, 4.69) is 25.9 Å². The summed E-state index contributed by atoms with van der Waals surface area (Å²) in [6, 6.07) is 2.69. The molecule has 0 unspecified atom stereocenters. The van der Waals surface area contributed by atoms with E-state index >= 15 is 0 Å². The normalized spacial score (nSPS) is 17.4. The maximum atomic E-state index is 12.6. The monoisotopic (exact) mass is 466 g/mol. The van der Waals surface area contributed by atoms with Crippen molar-refractivity contribution in [3.05, 3.63) is 40.2 Å². The van der Waals surface area contributed by atoms with Crippen molar-refractivity contribution in [3.8, 4) is 10.9 Å². The summed E-state index contributed by atoms with van der Waals surface area (Å²) in [4.78, 5) is 24.9. The van der Waals surface area contributed by atoms with Gasteiger partial charge in [-0.2, -0.15) is 5.10 Å². The molecule has 0 radical (unpaired) electrons. The van der Waals surface area contributed by atoms with Gasteiger partial charge in [0.1, 0.15) is 0 Å². The fourth-order valence-corrected chi connectivity index (χ4v) is 5.53. The first-order valence-electron chi connectivity index (χ1n) is 9.10. The second-order valence-electron chi connectivity index (χ2n) is 6.82. The molecule has 1 amide bonds. The van der Waals surface area contributed by atoms with Crippen LogP contribution in [0.5, 0.6) is 5.75 Å². The fourth-order valence-electron chi connectivity index (χ4n) is 3.10. The smallest absolute Gasteiger partial charge is 0.381 e. The molecule has 31 heavy (non-hydrogen) atoms. The van der Waals surface area contributed by atoms with E-state index in [1.54, 1.807) is 16.9 Å². The predicted molar refractivity (Wildman–Crippen MR) is 112 cm³/mol. The summed E-state index contributed by atoms with van der Waals surface area (Å²) < 4.78 is 35.1. The van der Waals surface area contributed by atoms with E-state index in [-0.39, 0.29) is 33.8 Å². The number of rotatable bonds is 6. The lowest BCUT2D eigenvalue weighted by Gasteiger charge is -2.15. The van der Waals surface area contributed by atoms with Gasteiger partial charge < -0.3 is 14.5 Å². The first-order chi connectivity index (χ1) is 14.8. The Balaban J connectivity index is 1.56. The van der Waals surface area contributed by atoms with Gasteiger partial charge in [-0.1, -0.05) is 11.3 Å². The van der Waals surface area contributed by atoms with E-state index in [0.29, 0.717) is 11.6 Å². The third-order valence-corrected chi connectivity index (χ3v) is 7.16. The van der Waals surface area contributed by atoms with Gasteiger partial charge >= 0.3 is 5.63 Å². The van der Waals surface area contributed by atoms with Crippen molar-refractivity contribution in [2.45, 2.75) is 19.4 Å². The van der Waals surface area contributed by atoms with Crippen molar-refractivity contribution < 1.29 is 22.4 Å². The van der Waals surface area contributed by atoms with E-state index in [9.17, 15) is 18.0 Å². The molecule has 1 fully saturated rings. The molecule has 12 nitrogen and oxygen atoms in total. The molecular formula is C17H18N6O6S2. The highest BCUT2D eigenvalue weighted by atomic mass is 32.2. The Bertz CT molecular complexity index is 1290. The Morgan fingerprint density at radius 3 is 2.84 bits per heavy atom. The van der Waals surface area contributed by atoms with Crippen LogP contribution in [0.4, 0.5) is 10.8 Å². The summed E-state index contributed by atoms with van der Waals surface area (Å²) >= 11 is 1.09. The zero-order valence-corrected chi connectivity index (χ0v) is 18.1. The molecule has 0 aromatic carbocycles. The van der Waals surface area contributed by atoms with Gasteiger partial charge in [-0.15, -0.1) is 10.2 Å². The lowest BCUT2D eigenvalue weighted by atomic mass is 10.2. The molecule has 3 aromatic heterocycles. The Morgan fingerprint density at radius 2 is 2.19 bits per heavy atom. The zero-order valence-electron chi connectivity index (χ0n) is 16.5. The van der Waals surface area contributed by atoms with Gasteiger partial charge in [-0.25, -0.2) is 17.9 Å². The minimum atomic E-state index is -3.14. The van der Waals surface area contributed by atoms with Crippen LogP contribution in [-0.4, -0.2) is 59.0 Å². The highest BCUT2D eigenvalue weighted by Gasteiger charge is 2.29. The number of amides is 1. The van der Waals surface area contributed by atoms with Crippen LogP contribution >= 0.6 is 11.3 Å². The summed E-state index contributed by atoms with van der Waals surface area (Å²) in [6.45, 7) is 1.85. The quantitative estimate of drug-likeness (QED) is 0.533. The topological polar surface area (TPSA) is 158 Å². The third-order valence-electron chi connectivity index (χ3n) is 4.58. The number of hydrogen-bond acceptors (Lipinski definition) is 11. The van der Waals surface area contributed by atoms with Gasteiger partial charge in [0.05, 0.1) is 24.3 Å². The van der Waals surface area contributed by atoms with Crippen molar-refractivity contribution in [1.29, 1.82) is 0 Å². The van der Waals surface area contributed by atoms with Crippen LogP contribution in [0.2, 0.25) is 0 Å². The maximum Gasteiger partial charge on any atom is 0.381 e. The largest absolute Gasteiger partial charge is 0.488 e. The van der Waals surface area contributed by atoms with Crippen molar-refractivity contribution >= 4 is 37.9 Å². The molecule has 1 atom stereocenters. The molecule has 0 bridgehead atoms. The first kappa shape index (κ1) is 21.0. The van der Waals surface area contributed by atoms with Crippen molar-refractivity contribution in [3.63, 3.8) is 0 Å². The van der Waals surface area contributed by atoms with Crippen LogP contribution in [0, 0.1) is 6.92 Å². The molecule has 0 aliphatic carbocycles. The Labute approximate surface area is 180 Å². The third kappa shape index (κ3) is 4.44. The molecule has 1 aliphatic rings. The van der Waals surface area contributed by atoms with Crippen molar-refractivity contribution in [2.24, 2.45) is 0 Å². The van der Waals surface area contributed by atoms with Gasteiger partial charge in [-0.3, -0.25) is 10.1 Å². The lowest BCUT2D eigenvalue weighted by molar-refractivity contribution is 0.0991. The van der Waals surface area contributed by atoms with Gasteiger partial charge in [0.15, 0.2) is 15.6 Å². The first-order valence-corrected chi connectivity index (χ1v) is 11.7. The number of aromatic nitrogens is 4. The highest BCUT2D eigenvalue weighted by molar-refractivity contribution is 7.91. The number of nitrogens with zero attached hydrogens (tertiary/aromatic N) is 4. The molecule has 4 heterocycles. The predicted octanol–water partition coefficient (Wildman–Crippen LogP) is 0.845. The molecule has 14 heteroatoms. The summed E-state index contributed by atoms with van der Waals surface area (Å²) in [5.74, 6) is -1.18. The number of sulfone groups is 1. The lowest BCUT2D eigenvalue weighted by Crippen LogP contribution is -2.23. The number of hydrogen-bond donors (Lipinski definition) is 2. The molecule has 0 spiro atoms. The van der Waals surface area contributed by atoms with E-state index < -0.39 is 27.4 Å². The van der Waals surface area contributed by atoms with E-state index in [1.807, 2.05) is 6.92 Å². The minimum Gasteiger partial charge on any atom is -0.488 e. The average molecular weight is 467 g/mol. The molecule has 4 rings (SSSR count). The standard InChI is InChI=1S/C17H18N6O6S2/c1-9-3-5-18-23(9)17-22-21-16(30-17)20-14(24)12-7-11(13(28-2)15(25)29-12)19-10-4-6-31(26,27)8-10/h3,5,7,10,19H,4,6,8H2,1-2H3,(H,20,21,24)/t10-/m0/s1. The van der Waals surface area contributed by atoms with Crippen LogP contribution in [0.1, 0.15) is 22.7 Å². The minimum absolute atomic E-state index is 0.0525. The van der Waals surface area contributed by atoms with Crippen molar-refractivity contribution in [1.82, 2.24) is 20.0 Å². The zero-order chi connectivity index (χ0) is 22.2. The average Bonchev–Trinajstić information content (AvgIpc) is 3.41. The number of ether oxygens (including phenoxy) is 1. The number of anilines is 2. The number of nitrogens with one attached hydrogen (secondary N) is 2. The number of methoxy groups -OCH3 is 1. The molecule has 2 N–H and O–H groups in total. The maximum absolute atomic E-state index is 12.6. The molecule has 3 aromatic rings. The molecule has 0 saturated carbocycles. The van der Waals surface area contributed by atoms with E-state index in [4.69, 9.17) is 9.15 Å².